The molecule has 1 aliphatic carbocycles. The van der Waals surface area contributed by atoms with Crippen molar-refractivity contribution in [3.63, 3.8) is 0 Å². The van der Waals surface area contributed by atoms with Crippen molar-refractivity contribution < 1.29 is 23.9 Å². The van der Waals surface area contributed by atoms with Crippen LogP contribution in [0.3, 0.4) is 0 Å². The summed E-state index contributed by atoms with van der Waals surface area (Å²) in [6.45, 7) is 3.22. The Morgan fingerprint density at radius 2 is 1.92 bits per heavy atom. The van der Waals surface area contributed by atoms with E-state index in [1.165, 1.54) is 23.0 Å². The molecule has 11 nitrogen and oxygen atoms in total. The summed E-state index contributed by atoms with van der Waals surface area (Å²) in [6, 6.07) is 9.89. The minimum absolute atomic E-state index is 0.0731. The summed E-state index contributed by atoms with van der Waals surface area (Å²) in [4.78, 5) is 41.2. The number of carbonyl (C=O) groups is 1. The van der Waals surface area contributed by atoms with Crippen molar-refractivity contribution in [3.05, 3.63) is 68.3 Å². The molecule has 4 rings (SSSR count). The summed E-state index contributed by atoms with van der Waals surface area (Å²) in [5.41, 5.74) is 0.222. The third kappa shape index (κ3) is 5.99. The van der Waals surface area contributed by atoms with E-state index in [2.05, 4.69) is 5.10 Å². The molecule has 38 heavy (non-hydrogen) atoms. The third-order valence-electron chi connectivity index (χ3n) is 6.27. The SMILES string of the molecule is CCOC(=O)COc1c(OCC)cc(C=Nn2c(C3CCCCC3)nc3ccccc3c2=O)cc1[N+](=O)[O-]. The number of hydrogen-bond acceptors (Lipinski definition) is 9. The second-order valence-electron chi connectivity index (χ2n) is 8.83. The Morgan fingerprint density at radius 3 is 2.63 bits per heavy atom. The number of nitro groups is 1. The Kier molecular flexibility index (Phi) is 8.67. The molecular formula is C27H30N4O7. The van der Waals surface area contributed by atoms with Gasteiger partial charge in [0.2, 0.25) is 5.75 Å². The van der Waals surface area contributed by atoms with Crippen molar-refractivity contribution in [1.29, 1.82) is 0 Å². The first-order valence-corrected chi connectivity index (χ1v) is 12.7. The highest BCUT2D eigenvalue weighted by molar-refractivity contribution is 5.84. The Morgan fingerprint density at radius 1 is 1.16 bits per heavy atom. The maximum Gasteiger partial charge on any atom is 0.344 e. The molecule has 1 fully saturated rings. The number of nitrogens with zero attached hydrogens (tertiary/aromatic N) is 4. The highest BCUT2D eigenvalue weighted by Crippen LogP contribution is 2.38. The van der Waals surface area contributed by atoms with Gasteiger partial charge >= 0.3 is 11.7 Å². The fraction of sp³-hybridized carbons (Fsp3) is 0.407. The lowest BCUT2D eigenvalue weighted by molar-refractivity contribution is -0.385. The average molecular weight is 523 g/mol. The van der Waals surface area contributed by atoms with E-state index in [1.54, 1.807) is 26.0 Å². The number of carbonyl (C=O) groups excluding carboxylic acids is 1. The predicted octanol–water partition coefficient (Wildman–Crippen LogP) is 4.58. The summed E-state index contributed by atoms with van der Waals surface area (Å²) in [6.07, 6.45) is 6.43. The largest absolute Gasteiger partial charge is 0.490 e. The van der Waals surface area contributed by atoms with E-state index in [0.29, 0.717) is 22.3 Å². The fourth-order valence-electron chi connectivity index (χ4n) is 4.56. The van der Waals surface area contributed by atoms with E-state index >= 15 is 0 Å². The number of ether oxygens (including phenoxy) is 3. The number of esters is 1. The maximum absolute atomic E-state index is 13.4. The molecule has 1 aromatic heterocycles. The highest BCUT2D eigenvalue weighted by Gasteiger charge is 2.25. The summed E-state index contributed by atoms with van der Waals surface area (Å²) in [5, 5.41) is 16.8. The van der Waals surface area contributed by atoms with Gasteiger partial charge in [-0.2, -0.15) is 9.78 Å². The topological polar surface area (TPSA) is 135 Å². The maximum atomic E-state index is 13.4. The molecule has 1 aliphatic rings. The minimum atomic E-state index is -0.659. The van der Waals surface area contributed by atoms with Crippen LogP contribution in [0.4, 0.5) is 5.69 Å². The van der Waals surface area contributed by atoms with Crippen LogP contribution in [0, 0.1) is 10.1 Å². The van der Waals surface area contributed by atoms with Gasteiger partial charge in [0.1, 0.15) is 5.82 Å². The molecule has 2 aromatic carbocycles. The van der Waals surface area contributed by atoms with E-state index in [0.717, 1.165) is 32.1 Å². The first-order chi connectivity index (χ1) is 18.4. The Hall–Kier alpha value is -4.28. The summed E-state index contributed by atoms with van der Waals surface area (Å²) < 4.78 is 17.2. The zero-order chi connectivity index (χ0) is 27.1. The van der Waals surface area contributed by atoms with E-state index in [-0.39, 0.29) is 36.2 Å². The molecule has 1 saturated carbocycles. The van der Waals surface area contributed by atoms with Crippen LogP contribution in [-0.2, 0) is 9.53 Å². The zero-order valence-corrected chi connectivity index (χ0v) is 21.4. The molecule has 200 valence electrons. The number of rotatable bonds is 10. The second kappa shape index (κ2) is 12.3. The van der Waals surface area contributed by atoms with Gasteiger partial charge in [0.05, 0.1) is 35.3 Å². The monoisotopic (exact) mass is 522 g/mol. The predicted molar refractivity (Wildman–Crippen MR) is 141 cm³/mol. The molecule has 0 unspecified atom stereocenters. The van der Waals surface area contributed by atoms with Crippen LogP contribution >= 0.6 is 0 Å². The number of nitro benzene ring substituents is 1. The summed E-state index contributed by atoms with van der Waals surface area (Å²) >= 11 is 0. The van der Waals surface area contributed by atoms with Crippen LogP contribution in [-0.4, -0.2) is 46.6 Å². The molecule has 0 amide bonds. The van der Waals surface area contributed by atoms with Crippen molar-refractivity contribution in [2.45, 2.75) is 51.9 Å². The van der Waals surface area contributed by atoms with Crippen LogP contribution in [0.1, 0.15) is 63.3 Å². The molecular weight excluding hydrogens is 492 g/mol. The molecule has 1 heterocycles. The van der Waals surface area contributed by atoms with Crippen LogP contribution in [0.5, 0.6) is 11.5 Å². The summed E-state index contributed by atoms with van der Waals surface area (Å²) in [7, 11) is 0. The van der Waals surface area contributed by atoms with Gasteiger partial charge < -0.3 is 14.2 Å². The number of benzene rings is 2. The smallest absolute Gasteiger partial charge is 0.344 e. The molecule has 0 bridgehead atoms. The Balaban J connectivity index is 1.77. The normalized spacial score (nSPS) is 14.1. The quantitative estimate of drug-likeness (QED) is 0.163. The van der Waals surface area contributed by atoms with Gasteiger partial charge in [-0.1, -0.05) is 31.4 Å². The van der Waals surface area contributed by atoms with E-state index < -0.39 is 23.2 Å². The number of aromatic nitrogens is 2. The molecule has 0 N–H and O–H groups in total. The van der Waals surface area contributed by atoms with Gasteiger partial charge in [0, 0.05) is 17.5 Å². The van der Waals surface area contributed by atoms with Crippen LogP contribution < -0.4 is 15.0 Å². The van der Waals surface area contributed by atoms with Gasteiger partial charge in [-0.25, -0.2) is 9.78 Å². The van der Waals surface area contributed by atoms with Gasteiger partial charge in [-0.3, -0.25) is 14.9 Å². The first-order valence-electron chi connectivity index (χ1n) is 12.7. The van der Waals surface area contributed by atoms with Gasteiger partial charge in [0.15, 0.2) is 12.4 Å². The lowest BCUT2D eigenvalue weighted by Crippen LogP contribution is -2.25. The van der Waals surface area contributed by atoms with Crippen molar-refractivity contribution >= 4 is 28.8 Å². The third-order valence-corrected chi connectivity index (χ3v) is 6.27. The Bertz CT molecular complexity index is 1410. The molecule has 0 spiro atoms. The minimum Gasteiger partial charge on any atom is -0.490 e. The fourth-order valence-corrected chi connectivity index (χ4v) is 4.56. The van der Waals surface area contributed by atoms with E-state index in [1.807, 2.05) is 12.1 Å². The second-order valence-corrected chi connectivity index (χ2v) is 8.83. The lowest BCUT2D eigenvalue weighted by Gasteiger charge is -2.22. The average Bonchev–Trinajstić information content (AvgIpc) is 2.92. The van der Waals surface area contributed by atoms with Crippen LogP contribution in [0.2, 0.25) is 0 Å². The van der Waals surface area contributed by atoms with Crippen LogP contribution in [0.15, 0.2) is 46.3 Å². The number of fused-ring (bicyclic) bond motifs is 1. The molecule has 0 radical (unpaired) electrons. The van der Waals surface area contributed by atoms with Crippen molar-refractivity contribution in [3.8, 4) is 11.5 Å². The molecule has 11 heteroatoms. The molecule has 3 aromatic rings. The van der Waals surface area contributed by atoms with Crippen LogP contribution in [0.25, 0.3) is 10.9 Å². The number of para-hydroxylation sites is 1. The summed E-state index contributed by atoms with van der Waals surface area (Å²) in [5.74, 6) is -0.101. The standard InChI is InChI=1S/C27H30N4O7/c1-3-36-23-15-18(14-22(31(34)35)25(23)38-17-24(32)37-4-2)16-28-30-26(19-10-6-5-7-11-19)29-21-13-9-8-12-20(21)27(30)33/h8-9,12-16,19H,3-7,10-11,17H2,1-2H3. The van der Waals surface area contributed by atoms with Crippen molar-refractivity contribution in [2.24, 2.45) is 5.10 Å². The molecule has 0 atom stereocenters. The van der Waals surface area contributed by atoms with Gasteiger partial charge in [-0.15, -0.1) is 0 Å². The number of hydrogen-bond donors (Lipinski definition) is 0. The van der Waals surface area contributed by atoms with Crippen molar-refractivity contribution in [1.82, 2.24) is 9.66 Å². The molecule has 0 saturated heterocycles. The highest BCUT2D eigenvalue weighted by atomic mass is 16.6. The van der Waals surface area contributed by atoms with E-state index in [9.17, 15) is 19.7 Å². The van der Waals surface area contributed by atoms with Crippen molar-refractivity contribution in [2.75, 3.05) is 19.8 Å². The first kappa shape index (κ1) is 26.8. The van der Waals surface area contributed by atoms with E-state index in [4.69, 9.17) is 19.2 Å². The zero-order valence-electron chi connectivity index (χ0n) is 21.4. The Labute approximate surface area is 219 Å². The van der Waals surface area contributed by atoms with Gasteiger partial charge in [0.25, 0.3) is 5.56 Å². The lowest BCUT2D eigenvalue weighted by atomic mass is 9.88. The molecule has 0 aliphatic heterocycles. The van der Waals surface area contributed by atoms with Gasteiger partial charge in [-0.05, 0) is 44.9 Å².